The quantitative estimate of drug-likeness (QED) is 0.637. The van der Waals surface area contributed by atoms with E-state index in [4.69, 9.17) is 9.47 Å². The lowest BCUT2D eigenvalue weighted by Gasteiger charge is -2.09. The molecule has 0 aliphatic heterocycles. The number of hydrogen-bond donors (Lipinski definition) is 1. The number of nitrogens with one attached hydrogen (secondary N) is 1. The first-order chi connectivity index (χ1) is 13.0. The standard InChI is InChI=1S/C18H20N4O4S/c1-3-25-15-4-6-16(7-5-15)26-18-10-14(8-9-19-18)11-21-27(23,24)17-12-20-22(2)13-17/h4-10,12-13,21H,3,11H2,1-2H3. The molecule has 27 heavy (non-hydrogen) atoms. The smallest absolute Gasteiger partial charge is 0.243 e. The van der Waals surface area contributed by atoms with Gasteiger partial charge < -0.3 is 9.47 Å². The van der Waals surface area contributed by atoms with Crippen LogP contribution in [0.4, 0.5) is 0 Å². The molecular formula is C18H20N4O4S. The Morgan fingerprint density at radius 2 is 1.89 bits per heavy atom. The van der Waals surface area contributed by atoms with E-state index >= 15 is 0 Å². The minimum atomic E-state index is -3.63. The molecule has 0 fully saturated rings. The van der Waals surface area contributed by atoms with Gasteiger partial charge in [-0.2, -0.15) is 5.10 Å². The van der Waals surface area contributed by atoms with E-state index in [-0.39, 0.29) is 11.4 Å². The number of sulfonamides is 1. The summed E-state index contributed by atoms with van der Waals surface area (Å²) in [7, 11) is -1.97. The van der Waals surface area contributed by atoms with Crippen LogP contribution in [0.1, 0.15) is 12.5 Å². The molecule has 2 heterocycles. The Morgan fingerprint density at radius 1 is 1.15 bits per heavy atom. The highest BCUT2D eigenvalue weighted by Gasteiger charge is 2.15. The number of nitrogens with zero attached hydrogens (tertiary/aromatic N) is 3. The largest absolute Gasteiger partial charge is 0.494 e. The minimum absolute atomic E-state index is 0.111. The van der Waals surface area contributed by atoms with Crippen molar-refractivity contribution in [3.63, 3.8) is 0 Å². The third-order valence-corrected chi connectivity index (χ3v) is 4.97. The average Bonchev–Trinajstić information content (AvgIpc) is 3.10. The van der Waals surface area contributed by atoms with Crippen LogP contribution < -0.4 is 14.2 Å². The summed E-state index contributed by atoms with van der Waals surface area (Å²) in [4.78, 5) is 4.27. The number of aromatic nitrogens is 3. The van der Waals surface area contributed by atoms with Crippen LogP contribution in [0.3, 0.4) is 0 Å². The zero-order valence-electron chi connectivity index (χ0n) is 15.0. The van der Waals surface area contributed by atoms with E-state index in [9.17, 15) is 8.42 Å². The van der Waals surface area contributed by atoms with E-state index in [1.165, 1.54) is 17.1 Å². The summed E-state index contributed by atoms with van der Waals surface area (Å²) >= 11 is 0. The topological polar surface area (TPSA) is 95.3 Å². The summed E-state index contributed by atoms with van der Waals surface area (Å²) in [6, 6.07) is 10.6. The van der Waals surface area contributed by atoms with Gasteiger partial charge in [-0.3, -0.25) is 4.68 Å². The molecule has 3 rings (SSSR count). The van der Waals surface area contributed by atoms with Crippen molar-refractivity contribution < 1.29 is 17.9 Å². The first-order valence-corrected chi connectivity index (χ1v) is 9.78. The fourth-order valence-electron chi connectivity index (χ4n) is 2.31. The van der Waals surface area contributed by atoms with Gasteiger partial charge in [-0.25, -0.2) is 18.1 Å². The van der Waals surface area contributed by atoms with E-state index in [1.54, 1.807) is 37.5 Å². The fourth-order valence-corrected chi connectivity index (χ4v) is 3.31. The second kappa shape index (κ2) is 8.19. The summed E-state index contributed by atoms with van der Waals surface area (Å²) < 4.78 is 39.6. The summed E-state index contributed by atoms with van der Waals surface area (Å²) in [5, 5.41) is 3.88. The Balaban J connectivity index is 1.65. The summed E-state index contributed by atoms with van der Waals surface area (Å²) in [6.07, 6.45) is 4.31. The van der Waals surface area contributed by atoms with Gasteiger partial charge in [-0.15, -0.1) is 0 Å². The number of hydrogen-bond acceptors (Lipinski definition) is 6. The molecule has 0 spiro atoms. The van der Waals surface area contributed by atoms with E-state index < -0.39 is 10.0 Å². The Bertz CT molecular complexity index is 1000. The Hall–Kier alpha value is -2.91. The number of rotatable bonds is 8. The minimum Gasteiger partial charge on any atom is -0.494 e. The average molecular weight is 388 g/mol. The van der Waals surface area contributed by atoms with Gasteiger partial charge in [0.1, 0.15) is 16.4 Å². The SMILES string of the molecule is CCOc1ccc(Oc2cc(CNS(=O)(=O)c3cnn(C)c3)ccn2)cc1. The molecule has 1 N–H and O–H groups in total. The molecule has 142 valence electrons. The summed E-state index contributed by atoms with van der Waals surface area (Å²) in [5.74, 6) is 1.74. The zero-order valence-corrected chi connectivity index (χ0v) is 15.8. The van der Waals surface area contributed by atoms with Gasteiger partial charge in [0.05, 0.1) is 12.8 Å². The van der Waals surface area contributed by atoms with Crippen molar-refractivity contribution in [3.8, 4) is 17.4 Å². The maximum absolute atomic E-state index is 12.3. The molecule has 3 aromatic rings. The van der Waals surface area contributed by atoms with Crippen molar-refractivity contribution in [2.75, 3.05) is 6.61 Å². The Labute approximate surface area is 157 Å². The van der Waals surface area contributed by atoms with E-state index in [0.717, 1.165) is 11.3 Å². The fraction of sp³-hybridized carbons (Fsp3) is 0.222. The molecule has 0 unspecified atom stereocenters. The van der Waals surface area contributed by atoms with E-state index in [1.807, 2.05) is 19.1 Å². The number of aryl methyl sites for hydroxylation is 1. The molecule has 2 aromatic heterocycles. The van der Waals surface area contributed by atoms with E-state index in [0.29, 0.717) is 18.2 Å². The highest BCUT2D eigenvalue weighted by atomic mass is 32.2. The van der Waals surface area contributed by atoms with Crippen molar-refractivity contribution in [1.29, 1.82) is 0 Å². The van der Waals surface area contributed by atoms with Crippen molar-refractivity contribution in [3.05, 3.63) is 60.6 Å². The number of benzene rings is 1. The highest BCUT2D eigenvalue weighted by Crippen LogP contribution is 2.23. The van der Waals surface area contributed by atoms with Gasteiger partial charge in [0.15, 0.2) is 0 Å². The molecule has 0 radical (unpaired) electrons. The number of ether oxygens (including phenoxy) is 2. The highest BCUT2D eigenvalue weighted by molar-refractivity contribution is 7.89. The zero-order chi connectivity index (χ0) is 19.3. The summed E-state index contributed by atoms with van der Waals surface area (Å²) in [5.41, 5.74) is 0.721. The third-order valence-electron chi connectivity index (χ3n) is 3.61. The van der Waals surface area contributed by atoms with Crippen LogP contribution in [0.25, 0.3) is 0 Å². The predicted octanol–water partition coefficient (Wildman–Crippen LogP) is 2.48. The van der Waals surface area contributed by atoms with Crippen LogP contribution in [0, 0.1) is 0 Å². The molecule has 8 nitrogen and oxygen atoms in total. The maximum Gasteiger partial charge on any atom is 0.243 e. The maximum atomic E-state index is 12.3. The number of pyridine rings is 1. The van der Waals surface area contributed by atoms with Gasteiger partial charge in [0.2, 0.25) is 15.9 Å². The van der Waals surface area contributed by atoms with Gasteiger partial charge in [0.25, 0.3) is 0 Å². The Kier molecular flexibility index (Phi) is 5.72. The van der Waals surface area contributed by atoms with Crippen LogP contribution in [0.2, 0.25) is 0 Å². The summed E-state index contributed by atoms with van der Waals surface area (Å²) in [6.45, 7) is 2.63. The second-order valence-corrected chi connectivity index (χ2v) is 7.45. The van der Waals surface area contributed by atoms with Crippen LogP contribution in [-0.2, 0) is 23.6 Å². The van der Waals surface area contributed by atoms with Crippen molar-refractivity contribution >= 4 is 10.0 Å². The molecule has 0 saturated carbocycles. The lowest BCUT2D eigenvalue weighted by molar-refractivity contribution is 0.339. The second-order valence-electron chi connectivity index (χ2n) is 5.68. The molecule has 0 atom stereocenters. The predicted molar refractivity (Wildman–Crippen MR) is 99.2 cm³/mol. The first kappa shape index (κ1) is 18.9. The normalized spacial score (nSPS) is 11.3. The molecular weight excluding hydrogens is 368 g/mol. The molecule has 0 bridgehead atoms. The molecule has 0 saturated heterocycles. The van der Waals surface area contributed by atoms with Gasteiger partial charge in [0, 0.05) is 32.1 Å². The van der Waals surface area contributed by atoms with Crippen LogP contribution >= 0.6 is 0 Å². The molecule has 0 aliphatic carbocycles. The third kappa shape index (κ3) is 5.05. The first-order valence-electron chi connectivity index (χ1n) is 8.30. The van der Waals surface area contributed by atoms with Crippen molar-refractivity contribution in [1.82, 2.24) is 19.5 Å². The Morgan fingerprint density at radius 3 is 2.56 bits per heavy atom. The van der Waals surface area contributed by atoms with E-state index in [2.05, 4.69) is 14.8 Å². The van der Waals surface area contributed by atoms with Crippen LogP contribution in [0.5, 0.6) is 17.4 Å². The molecule has 9 heteroatoms. The lowest BCUT2D eigenvalue weighted by atomic mass is 10.3. The van der Waals surface area contributed by atoms with Gasteiger partial charge in [-0.05, 0) is 42.8 Å². The van der Waals surface area contributed by atoms with Crippen molar-refractivity contribution in [2.45, 2.75) is 18.4 Å². The monoisotopic (exact) mass is 388 g/mol. The van der Waals surface area contributed by atoms with Gasteiger partial charge >= 0.3 is 0 Å². The molecule has 0 aliphatic rings. The molecule has 1 aromatic carbocycles. The molecule has 0 amide bonds. The van der Waals surface area contributed by atoms with Crippen molar-refractivity contribution in [2.24, 2.45) is 7.05 Å². The van der Waals surface area contributed by atoms with Crippen LogP contribution in [-0.4, -0.2) is 29.8 Å². The van der Waals surface area contributed by atoms with Gasteiger partial charge in [-0.1, -0.05) is 0 Å². The van der Waals surface area contributed by atoms with Crippen LogP contribution in [0.15, 0.2) is 59.9 Å². The lowest BCUT2D eigenvalue weighted by Crippen LogP contribution is -2.22.